The maximum absolute atomic E-state index is 6.42. The summed E-state index contributed by atoms with van der Waals surface area (Å²) >= 11 is 1.60. The number of thiazole rings is 1. The topological polar surface area (TPSA) is 48.1 Å². The number of fused-ring (bicyclic) bond motifs is 1. The van der Waals surface area contributed by atoms with Crippen molar-refractivity contribution in [1.82, 2.24) is 4.98 Å². The summed E-state index contributed by atoms with van der Waals surface area (Å²) in [4.78, 5) is 4.81. The summed E-state index contributed by atoms with van der Waals surface area (Å²) < 4.78 is 5.20. The molecule has 0 saturated heterocycles. The van der Waals surface area contributed by atoms with Gasteiger partial charge in [0.25, 0.3) is 0 Å². The molecule has 1 atom stereocenters. The third-order valence-electron chi connectivity index (χ3n) is 4.33. The summed E-state index contributed by atoms with van der Waals surface area (Å²) in [7, 11) is 1.66. The van der Waals surface area contributed by atoms with E-state index in [-0.39, 0.29) is 6.04 Å². The van der Waals surface area contributed by atoms with E-state index in [1.54, 1.807) is 18.4 Å². The Bertz CT molecular complexity index is 1000. The van der Waals surface area contributed by atoms with Gasteiger partial charge in [-0.05, 0) is 28.5 Å². The summed E-state index contributed by atoms with van der Waals surface area (Å²) in [5.74, 6) is 0.825. The molecule has 25 heavy (non-hydrogen) atoms. The molecule has 1 heterocycles. The summed E-state index contributed by atoms with van der Waals surface area (Å²) in [6.45, 7) is 0. The minimum absolute atomic E-state index is 0.236. The summed E-state index contributed by atoms with van der Waals surface area (Å²) in [6, 6.07) is 22.3. The second-order valence-corrected chi connectivity index (χ2v) is 6.74. The molecular weight excluding hydrogens is 328 g/mol. The molecule has 0 fully saturated rings. The first-order chi connectivity index (χ1) is 12.3. The highest BCUT2D eigenvalue weighted by Gasteiger charge is 2.15. The van der Waals surface area contributed by atoms with Crippen LogP contribution >= 0.6 is 11.3 Å². The van der Waals surface area contributed by atoms with Gasteiger partial charge >= 0.3 is 0 Å². The lowest BCUT2D eigenvalue weighted by Crippen LogP contribution is -2.11. The number of benzene rings is 3. The van der Waals surface area contributed by atoms with Gasteiger partial charge in [-0.2, -0.15) is 0 Å². The fraction of sp³-hybridized carbons (Fsp3) is 0.0952. The van der Waals surface area contributed by atoms with Crippen molar-refractivity contribution < 1.29 is 4.74 Å². The minimum atomic E-state index is -0.236. The summed E-state index contributed by atoms with van der Waals surface area (Å²) in [5, 5.41) is 5.42. The molecule has 124 valence electrons. The number of methoxy groups -OCH3 is 1. The fourth-order valence-corrected chi connectivity index (χ4v) is 3.80. The van der Waals surface area contributed by atoms with Crippen LogP contribution in [0.25, 0.3) is 22.0 Å². The van der Waals surface area contributed by atoms with Gasteiger partial charge in [0.2, 0.25) is 0 Å². The largest absolute Gasteiger partial charge is 0.497 e. The second kappa shape index (κ2) is 6.67. The SMILES string of the molecule is COc1ccc(C(N)c2nc(-c3cccc4ccccc34)cs2)cc1. The number of rotatable bonds is 4. The molecule has 0 aliphatic carbocycles. The molecule has 4 heteroatoms. The predicted molar refractivity (Wildman–Crippen MR) is 104 cm³/mol. The van der Waals surface area contributed by atoms with Crippen molar-refractivity contribution in [2.75, 3.05) is 7.11 Å². The van der Waals surface area contributed by atoms with Gasteiger partial charge in [-0.3, -0.25) is 0 Å². The van der Waals surface area contributed by atoms with E-state index in [1.165, 1.54) is 10.8 Å². The molecule has 4 aromatic rings. The summed E-state index contributed by atoms with van der Waals surface area (Å²) in [6.07, 6.45) is 0. The van der Waals surface area contributed by atoms with Crippen LogP contribution in [0.3, 0.4) is 0 Å². The molecular formula is C21H18N2OS. The van der Waals surface area contributed by atoms with E-state index in [4.69, 9.17) is 15.5 Å². The van der Waals surface area contributed by atoms with E-state index in [1.807, 2.05) is 24.3 Å². The van der Waals surface area contributed by atoms with E-state index in [0.717, 1.165) is 27.6 Å². The maximum atomic E-state index is 6.42. The molecule has 1 aromatic heterocycles. The van der Waals surface area contributed by atoms with Crippen molar-refractivity contribution in [3.8, 4) is 17.0 Å². The van der Waals surface area contributed by atoms with Gasteiger partial charge < -0.3 is 10.5 Å². The third-order valence-corrected chi connectivity index (χ3v) is 5.26. The Balaban J connectivity index is 1.69. The van der Waals surface area contributed by atoms with E-state index in [9.17, 15) is 0 Å². The number of nitrogens with two attached hydrogens (primary N) is 1. The van der Waals surface area contributed by atoms with Crippen LogP contribution in [0.15, 0.2) is 72.1 Å². The Kier molecular flexibility index (Phi) is 4.22. The van der Waals surface area contributed by atoms with Crippen molar-refractivity contribution in [3.63, 3.8) is 0 Å². The van der Waals surface area contributed by atoms with E-state index < -0.39 is 0 Å². The number of ether oxygens (including phenoxy) is 1. The van der Waals surface area contributed by atoms with Crippen molar-refractivity contribution in [1.29, 1.82) is 0 Å². The lowest BCUT2D eigenvalue weighted by atomic mass is 10.0. The van der Waals surface area contributed by atoms with E-state index in [2.05, 4.69) is 47.8 Å². The normalized spacial score (nSPS) is 12.2. The van der Waals surface area contributed by atoms with Crippen LogP contribution in [0, 0.1) is 0 Å². The smallest absolute Gasteiger partial charge is 0.118 e. The minimum Gasteiger partial charge on any atom is -0.497 e. The standard InChI is InChI=1S/C21H18N2OS/c1-24-16-11-9-15(10-12-16)20(22)21-23-19(13-25-21)18-8-4-6-14-5-2-3-7-17(14)18/h2-13,20H,22H2,1H3. The zero-order valence-electron chi connectivity index (χ0n) is 13.8. The fourth-order valence-electron chi connectivity index (χ4n) is 2.96. The van der Waals surface area contributed by atoms with Crippen LogP contribution in [0.4, 0.5) is 0 Å². The highest BCUT2D eigenvalue weighted by atomic mass is 32.1. The van der Waals surface area contributed by atoms with Gasteiger partial charge in [0, 0.05) is 10.9 Å². The lowest BCUT2D eigenvalue weighted by Gasteiger charge is -2.09. The molecule has 3 aromatic carbocycles. The van der Waals surface area contributed by atoms with Crippen LogP contribution in [0.2, 0.25) is 0 Å². The molecule has 2 N–H and O–H groups in total. The molecule has 1 unspecified atom stereocenters. The Morgan fingerprint density at radius 1 is 0.960 bits per heavy atom. The van der Waals surface area contributed by atoms with Gasteiger partial charge in [-0.1, -0.05) is 54.6 Å². The average Bonchev–Trinajstić information content (AvgIpc) is 3.17. The van der Waals surface area contributed by atoms with Gasteiger partial charge in [0.05, 0.1) is 18.8 Å². The first-order valence-electron chi connectivity index (χ1n) is 8.09. The van der Waals surface area contributed by atoms with Crippen molar-refractivity contribution in [2.45, 2.75) is 6.04 Å². The number of hydrogen-bond donors (Lipinski definition) is 1. The number of aromatic nitrogens is 1. The molecule has 0 spiro atoms. The molecule has 0 amide bonds. The first-order valence-corrected chi connectivity index (χ1v) is 8.97. The molecule has 0 radical (unpaired) electrons. The van der Waals surface area contributed by atoms with Gasteiger partial charge in [-0.15, -0.1) is 11.3 Å². The highest BCUT2D eigenvalue weighted by molar-refractivity contribution is 7.10. The Hall–Kier alpha value is -2.69. The number of hydrogen-bond acceptors (Lipinski definition) is 4. The monoisotopic (exact) mass is 346 g/mol. The second-order valence-electron chi connectivity index (χ2n) is 5.85. The van der Waals surface area contributed by atoms with Crippen LogP contribution in [-0.4, -0.2) is 12.1 Å². The number of nitrogens with zero attached hydrogens (tertiary/aromatic N) is 1. The zero-order chi connectivity index (χ0) is 17.2. The molecule has 4 rings (SSSR count). The Morgan fingerprint density at radius 2 is 1.72 bits per heavy atom. The van der Waals surface area contributed by atoms with Crippen LogP contribution < -0.4 is 10.5 Å². The molecule has 0 aliphatic rings. The van der Waals surface area contributed by atoms with Gasteiger partial charge in [0.1, 0.15) is 10.8 Å². The Morgan fingerprint density at radius 3 is 2.52 bits per heavy atom. The molecule has 0 aliphatic heterocycles. The van der Waals surface area contributed by atoms with Crippen LogP contribution in [0.5, 0.6) is 5.75 Å². The van der Waals surface area contributed by atoms with E-state index in [0.29, 0.717) is 0 Å². The first kappa shape index (κ1) is 15.8. The zero-order valence-corrected chi connectivity index (χ0v) is 14.7. The van der Waals surface area contributed by atoms with Crippen molar-refractivity contribution >= 4 is 22.1 Å². The third kappa shape index (κ3) is 3.02. The highest BCUT2D eigenvalue weighted by Crippen LogP contribution is 2.32. The molecule has 0 saturated carbocycles. The van der Waals surface area contributed by atoms with E-state index >= 15 is 0 Å². The lowest BCUT2D eigenvalue weighted by molar-refractivity contribution is 0.414. The van der Waals surface area contributed by atoms with Gasteiger partial charge in [0.15, 0.2) is 0 Å². The molecule has 3 nitrogen and oxygen atoms in total. The molecule has 0 bridgehead atoms. The Labute approximate surface area is 150 Å². The quantitative estimate of drug-likeness (QED) is 0.564. The maximum Gasteiger partial charge on any atom is 0.118 e. The van der Waals surface area contributed by atoms with Gasteiger partial charge in [-0.25, -0.2) is 4.98 Å². The van der Waals surface area contributed by atoms with Crippen LogP contribution in [0.1, 0.15) is 16.6 Å². The van der Waals surface area contributed by atoms with Crippen molar-refractivity contribution in [3.05, 3.63) is 82.7 Å². The predicted octanol–water partition coefficient (Wildman–Crippen LogP) is 5.02. The van der Waals surface area contributed by atoms with Crippen molar-refractivity contribution in [2.24, 2.45) is 5.73 Å². The average molecular weight is 346 g/mol. The van der Waals surface area contributed by atoms with Crippen LogP contribution in [-0.2, 0) is 0 Å². The summed E-state index contributed by atoms with van der Waals surface area (Å²) in [5.41, 5.74) is 9.56.